The summed E-state index contributed by atoms with van der Waals surface area (Å²) in [5.74, 6) is 1.16. The van der Waals surface area contributed by atoms with Crippen molar-refractivity contribution in [3.8, 4) is 0 Å². The Bertz CT molecular complexity index is 681. The van der Waals surface area contributed by atoms with Gasteiger partial charge in [0.25, 0.3) is 0 Å². The number of hydrogen-bond acceptors (Lipinski definition) is 3. The molecule has 0 aliphatic carbocycles. The molecule has 1 atom stereocenters. The van der Waals surface area contributed by atoms with E-state index in [4.69, 9.17) is 4.99 Å². The molecule has 4 rings (SSSR count). The first-order valence-electron chi connectivity index (χ1n) is 7.67. The van der Waals surface area contributed by atoms with Crippen LogP contribution >= 0.6 is 15.9 Å². The van der Waals surface area contributed by atoms with E-state index in [9.17, 15) is 0 Å². The Labute approximate surface area is 139 Å². The molecule has 2 heterocycles. The van der Waals surface area contributed by atoms with Crippen LogP contribution in [-0.2, 0) is 6.54 Å². The lowest BCUT2D eigenvalue weighted by Crippen LogP contribution is -2.30. The van der Waals surface area contributed by atoms with Crippen molar-refractivity contribution < 1.29 is 0 Å². The fraction of sp³-hybridized carbons (Fsp3) is 0.278. The smallest absolute Gasteiger partial charge is 0.197 e. The van der Waals surface area contributed by atoms with E-state index < -0.39 is 0 Å². The molecule has 2 aliphatic rings. The maximum absolute atomic E-state index is 4.73. The summed E-state index contributed by atoms with van der Waals surface area (Å²) in [6.07, 6.45) is 0. The predicted molar refractivity (Wildman–Crippen MR) is 92.7 cm³/mol. The number of nitrogens with zero attached hydrogens (tertiary/aromatic N) is 3. The second-order valence-corrected chi connectivity index (χ2v) is 6.72. The first kappa shape index (κ1) is 13.8. The van der Waals surface area contributed by atoms with Gasteiger partial charge >= 0.3 is 0 Å². The summed E-state index contributed by atoms with van der Waals surface area (Å²) in [6.45, 7) is 3.88. The van der Waals surface area contributed by atoms with E-state index in [1.54, 1.807) is 0 Å². The predicted octanol–water partition coefficient (Wildman–Crippen LogP) is 3.68. The van der Waals surface area contributed by atoms with E-state index >= 15 is 0 Å². The molecule has 0 spiro atoms. The van der Waals surface area contributed by atoms with Crippen LogP contribution in [0.25, 0.3) is 0 Å². The minimum Gasteiger partial charge on any atom is -0.336 e. The highest BCUT2D eigenvalue weighted by atomic mass is 79.9. The molecule has 3 nitrogen and oxygen atoms in total. The van der Waals surface area contributed by atoms with Crippen LogP contribution in [0.3, 0.4) is 0 Å². The SMILES string of the molecule is Brc1ccc(C2CN(Cc3ccccc3)C3=NCCN32)cc1. The second-order valence-electron chi connectivity index (χ2n) is 5.81. The number of fused-ring (bicyclic) bond motifs is 1. The van der Waals surface area contributed by atoms with Gasteiger partial charge in [-0.15, -0.1) is 0 Å². The molecule has 0 bridgehead atoms. The average molecular weight is 356 g/mol. The number of rotatable bonds is 3. The number of benzene rings is 2. The van der Waals surface area contributed by atoms with Crippen LogP contribution in [0.2, 0.25) is 0 Å². The van der Waals surface area contributed by atoms with Gasteiger partial charge in [-0.25, -0.2) is 0 Å². The number of halogens is 1. The monoisotopic (exact) mass is 355 g/mol. The Morgan fingerprint density at radius 2 is 1.82 bits per heavy atom. The van der Waals surface area contributed by atoms with Gasteiger partial charge in [-0.2, -0.15) is 0 Å². The van der Waals surface area contributed by atoms with Crippen LogP contribution < -0.4 is 0 Å². The van der Waals surface area contributed by atoms with Crippen molar-refractivity contribution in [2.75, 3.05) is 19.6 Å². The molecule has 2 aromatic rings. The Kier molecular flexibility index (Phi) is 3.62. The summed E-state index contributed by atoms with van der Waals surface area (Å²) >= 11 is 3.52. The van der Waals surface area contributed by atoms with E-state index in [2.05, 4.69) is 80.3 Å². The Balaban J connectivity index is 1.59. The fourth-order valence-electron chi connectivity index (χ4n) is 3.32. The normalized spacial score (nSPS) is 20.2. The van der Waals surface area contributed by atoms with Crippen LogP contribution in [0.15, 0.2) is 64.1 Å². The Morgan fingerprint density at radius 3 is 2.59 bits per heavy atom. The quantitative estimate of drug-likeness (QED) is 0.836. The van der Waals surface area contributed by atoms with E-state index in [1.165, 1.54) is 11.1 Å². The van der Waals surface area contributed by atoms with Crippen molar-refractivity contribution in [3.05, 3.63) is 70.2 Å². The lowest BCUT2D eigenvalue weighted by molar-refractivity contribution is 0.362. The second kappa shape index (κ2) is 5.76. The zero-order valence-corrected chi connectivity index (χ0v) is 13.9. The minimum absolute atomic E-state index is 0.415. The molecule has 0 aromatic heterocycles. The van der Waals surface area contributed by atoms with Gasteiger partial charge in [0.05, 0.1) is 12.6 Å². The summed E-state index contributed by atoms with van der Waals surface area (Å²) in [5, 5.41) is 0. The Hall–Kier alpha value is -1.81. The van der Waals surface area contributed by atoms with Crippen LogP contribution in [0.1, 0.15) is 17.2 Å². The maximum atomic E-state index is 4.73. The molecular formula is C18H18BrN3. The highest BCUT2D eigenvalue weighted by Crippen LogP contribution is 2.33. The van der Waals surface area contributed by atoms with Gasteiger partial charge in [0.15, 0.2) is 5.96 Å². The number of guanidine groups is 1. The maximum Gasteiger partial charge on any atom is 0.197 e. The molecule has 4 heteroatoms. The van der Waals surface area contributed by atoms with Gasteiger partial charge in [0.2, 0.25) is 0 Å². The highest BCUT2D eigenvalue weighted by molar-refractivity contribution is 9.10. The Morgan fingerprint density at radius 1 is 1.05 bits per heavy atom. The molecule has 1 unspecified atom stereocenters. The van der Waals surface area contributed by atoms with Gasteiger partial charge in [-0.3, -0.25) is 4.99 Å². The molecule has 2 aliphatic heterocycles. The van der Waals surface area contributed by atoms with Gasteiger partial charge in [-0.1, -0.05) is 58.4 Å². The molecule has 0 saturated carbocycles. The minimum atomic E-state index is 0.415. The molecule has 0 radical (unpaired) electrons. The molecular weight excluding hydrogens is 338 g/mol. The summed E-state index contributed by atoms with van der Waals surface area (Å²) in [7, 11) is 0. The third-order valence-corrected chi connectivity index (χ3v) is 4.90. The van der Waals surface area contributed by atoms with Crippen molar-refractivity contribution in [1.82, 2.24) is 9.80 Å². The molecule has 22 heavy (non-hydrogen) atoms. The van der Waals surface area contributed by atoms with Crippen molar-refractivity contribution in [2.45, 2.75) is 12.6 Å². The summed E-state index contributed by atoms with van der Waals surface area (Å²) in [6, 6.07) is 19.8. The van der Waals surface area contributed by atoms with Crippen molar-refractivity contribution in [3.63, 3.8) is 0 Å². The summed E-state index contributed by atoms with van der Waals surface area (Å²) in [4.78, 5) is 9.59. The fourth-order valence-corrected chi connectivity index (χ4v) is 3.59. The van der Waals surface area contributed by atoms with Crippen LogP contribution in [0.4, 0.5) is 0 Å². The van der Waals surface area contributed by atoms with Crippen LogP contribution in [0, 0.1) is 0 Å². The largest absolute Gasteiger partial charge is 0.336 e. The lowest BCUT2D eigenvalue weighted by atomic mass is 10.1. The molecule has 1 fully saturated rings. The van der Waals surface area contributed by atoms with E-state index in [-0.39, 0.29) is 0 Å². The highest BCUT2D eigenvalue weighted by Gasteiger charge is 2.38. The van der Waals surface area contributed by atoms with Gasteiger partial charge in [0.1, 0.15) is 0 Å². The van der Waals surface area contributed by atoms with Gasteiger partial charge < -0.3 is 9.80 Å². The zero-order valence-electron chi connectivity index (χ0n) is 12.3. The number of aliphatic imine (C=N–C) groups is 1. The first-order chi connectivity index (χ1) is 10.8. The summed E-state index contributed by atoms with van der Waals surface area (Å²) < 4.78 is 1.13. The van der Waals surface area contributed by atoms with Crippen LogP contribution in [-0.4, -0.2) is 35.4 Å². The third kappa shape index (κ3) is 2.52. The first-order valence-corrected chi connectivity index (χ1v) is 8.46. The van der Waals surface area contributed by atoms with Crippen molar-refractivity contribution in [2.24, 2.45) is 4.99 Å². The van der Waals surface area contributed by atoms with E-state index in [0.29, 0.717) is 6.04 Å². The lowest BCUT2D eigenvalue weighted by Gasteiger charge is -2.21. The van der Waals surface area contributed by atoms with E-state index in [0.717, 1.165) is 36.6 Å². The van der Waals surface area contributed by atoms with Crippen molar-refractivity contribution >= 4 is 21.9 Å². The molecule has 0 amide bonds. The third-order valence-electron chi connectivity index (χ3n) is 4.37. The molecule has 1 saturated heterocycles. The van der Waals surface area contributed by atoms with E-state index in [1.807, 2.05) is 0 Å². The van der Waals surface area contributed by atoms with Crippen LogP contribution in [0.5, 0.6) is 0 Å². The van der Waals surface area contributed by atoms with Gasteiger partial charge in [0, 0.05) is 24.1 Å². The topological polar surface area (TPSA) is 18.8 Å². The van der Waals surface area contributed by atoms with Gasteiger partial charge in [-0.05, 0) is 23.3 Å². The standard InChI is InChI=1S/C18H18BrN3/c19-16-8-6-15(7-9-16)17-13-21(18-20-10-11-22(17)18)12-14-4-2-1-3-5-14/h1-9,17H,10-13H2. The average Bonchev–Trinajstić information content (AvgIpc) is 3.13. The van der Waals surface area contributed by atoms with Crippen molar-refractivity contribution in [1.29, 1.82) is 0 Å². The molecule has 112 valence electrons. The number of hydrogen-bond donors (Lipinski definition) is 0. The zero-order chi connectivity index (χ0) is 14.9. The molecule has 2 aromatic carbocycles. The molecule has 0 N–H and O–H groups in total. The summed E-state index contributed by atoms with van der Waals surface area (Å²) in [5.41, 5.74) is 2.71.